The van der Waals surface area contributed by atoms with Crippen LogP contribution in [0, 0.1) is 17.8 Å². The highest BCUT2D eigenvalue weighted by Crippen LogP contribution is 2.43. The quantitative estimate of drug-likeness (QED) is 0.110. The van der Waals surface area contributed by atoms with Gasteiger partial charge in [0.2, 0.25) is 5.79 Å². The zero-order valence-corrected chi connectivity index (χ0v) is 48.8. The monoisotopic (exact) mass is 1110 g/mol. The lowest BCUT2D eigenvalue weighted by atomic mass is 9.76. The van der Waals surface area contributed by atoms with E-state index in [4.69, 9.17) is 56.8 Å². The molecule has 0 aliphatic carbocycles. The van der Waals surface area contributed by atoms with Crippen molar-refractivity contribution in [3.63, 3.8) is 0 Å². The topological polar surface area (TPSA) is 269 Å². The Morgan fingerprint density at radius 2 is 1.46 bits per heavy atom. The van der Waals surface area contributed by atoms with Gasteiger partial charge < -0.3 is 92.6 Å². The normalized spacial score (nSPS) is 46.2. The molecule has 5 aliphatic rings. The van der Waals surface area contributed by atoms with Crippen LogP contribution in [0.1, 0.15) is 121 Å². The van der Waals surface area contributed by atoms with Crippen molar-refractivity contribution in [2.75, 3.05) is 35.0 Å². The van der Waals surface area contributed by atoms with Crippen LogP contribution < -0.4 is 0 Å². The molecule has 78 heavy (non-hydrogen) atoms. The highest BCUT2D eigenvalue weighted by atomic mass is 16.7. The molecule has 5 aliphatic heterocycles. The van der Waals surface area contributed by atoms with Crippen LogP contribution in [0.15, 0.2) is 58.7 Å². The molecule has 0 aromatic carbocycles. The lowest BCUT2D eigenvalue weighted by Crippen LogP contribution is -2.65. The van der Waals surface area contributed by atoms with E-state index in [-0.39, 0.29) is 43.8 Å². The number of cyclic esters (lactones) is 1. The van der Waals surface area contributed by atoms with Crippen molar-refractivity contribution < 1.29 is 97.4 Å². The molecule has 0 amide bonds. The molecule has 5 rings (SSSR count). The number of rotatable bonds is 15. The minimum atomic E-state index is -2.45. The van der Waals surface area contributed by atoms with Gasteiger partial charge in [0, 0.05) is 77.4 Å². The molecule has 0 radical (unpaired) electrons. The van der Waals surface area contributed by atoms with Crippen molar-refractivity contribution in [3.05, 3.63) is 58.7 Å². The van der Waals surface area contributed by atoms with E-state index < -0.39 is 146 Å². The second-order valence-electron chi connectivity index (χ2n) is 22.9. The molecule has 0 saturated carbocycles. The Hall–Kier alpha value is -2.55. The summed E-state index contributed by atoms with van der Waals surface area (Å²) < 4.78 is 72.4. The number of aliphatic hydroxyl groups excluding tert-OH is 5. The van der Waals surface area contributed by atoms with Gasteiger partial charge in [0.25, 0.3) is 0 Å². The molecule has 24 atom stereocenters. The number of hydrogen-bond acceptors (Lipinski definition) is 20. The van der Waals surface area contributed by atoms with Crippen molar-refractivity contribution in [2.45, 2.75) is 249 Å². The highest BCUT2D eigenvalue weighted by Gasteiger charge is 2.57. The third-order valence-corrected chi connectivity index (χ3v) is 16.3. The summed E-state index contributed by atoms with van der Waals surface area (Å²) in [6.07, 6.45) is -3.94. The van der Waals surface area contributed by atoms with Crippen molar-refractivity contribution in [3.8, 4) is 0 Å². The van der Waals surface area contributed by atoms with Gasteiger partial charge >= 0.3 is 5.97 Å². The number of allylic oxidation sites excluding steroid dienone is 7. The number of carbonyl (C=O) groups is 1. The van der Waals surface area contributed by atoms with E-state index in [0.717, 1.165) is 11.1 Å². The van der Waals surface area contributed by atoms with Crippen LogP contribution >= 0.6 is 0 Å². The summed E-state index contributed by atoms with van der Waals surface area (Å²) in [6.45, 7) is 19.5. The predicted octanol–water partition coefficient (Wildman–Crippen LogP) is 4.62. The molecule has 0 bridgehead atoms. The highest BCUT2D eigenvalue weighted by molar-refractivity contribution is 5.88. The largest absolute Gasteiger partial charge is 0.456 e. The smallest absolute Gasteiger partial charge is 0.334 e. The van der Waals surface area contributed by atoms with E-state index >= 15 is 0 Å². The fourth-order valence-electron chi connectivity index (χ4n) is 11.6. The first-order valence-corrected chi connectivity index (χ1v) is 27.8. The van der Waals surface area contributed by atoms with Crippen molar-refractivity contribution >= 4 is 5.97 Å². The molecular weight excluding hydrogens is 1020 g/mol. The molecule has 0 aromatic heterocycles. The van der Waals surface area contributed by atoms with Crippen molar-refractivity contribution in [2.24, 2.45) is 17.8 Å². The van der Waals surface area contributed by atoms with Crippen LogP contribution in [0.2, 0.25) is 0 Å². The van der Waals surface area contributed by atoms with Gasteiger partial charge in [0.1, 0.15) is 42.7 Å². The molecule has 20 heteroatoms. The Labute approximate surface area is 462 Å². The fraction of sp³-hybridized carbons (Fsp3) is 0.810. The summed E-state index contributed by atoms with van der Waals surface area (Å²) in [4.78, 5) is 14.1. The number of aliphatic hydroxyl groups is 7. The van der Waals surface area contributed by atoms with Crippen LogP contribution in [0.5, 0.6) is 0 Å². The Balaban J connectivity index is 1.35. The number of methoxy groups -OCH3 is 4. The first-order chi connectivity index (χ1) is 36.7. The molecule has 0 unspecified atom stereocenters. The third kappa shape index (κ3) is 17.0. The second kappa shape index (κ2) is 29.6. The molecule has 7 N–H and O–H groups in total. The zero-order chi connectivity index (χ0) is 58.0. The molecule has 4 fully saturated rings. The van der Waals surface area contributed by atoms with Gasteiger partial charge in [-0.15, -0.1) is 0 Å². The summed E-state index contributed by atoms with van der Waals surface area (Å²) in [5.74, 6) is -5.11. The number of esters is 1. The molecule has 0 aromatic rings. The lowest BCUT2D eigenvalue weighted by Gasteiger charge is -2.51. The molecule has 448 valence electrons. The van der Waals surface area contributed by atoms with Crippen LogP contribution in [-0.2, 0) is 61.6 Å². The predicted molar refractivity (Wildman–Crippen MR) is 286 cm³/mol. The van der Waals surface area contributed by atoms with Gasteiger partial charge in [-0.3, -0.25) is 0 Å². The van der Waals surface area contributed by atoms with Crippen molar-refractivity contribution in [1.29, 1.82) is 0 Å². The first-order valence-electron chi connectivity index (χ1n) is 27.8. The molecule has 5 heterocycles. The Morgan fingerprint density at radius 1 is 0.769 bits per heavy atom. The van der Waals surface area contributed by atoms with E-state index in [9.17, 15) is 40.5 Å². The van der Waals surface area contributed by atoms with E-state index in [2.05, 4.69) is 6.08 Å². The standard InChI is InChI=1S/C58H96O20/c1-30-18-16-17-19-40(68-13)25-45(75-55(64)34(5)24-32(3)22-31(2)23-33(4)42(21-20-30)76-56-51(62)50(61)52(70-15)38(9)73-56)53(63)58(66)36(7)48(59)35(6)43(78-58)26-41(29-67-12)74-47-28-57(11,65)54(39(10)72-47)77-46-27-44(69-14)49(60)37(8)71-46/h18,20-24,33,35-54,56,59-63,65-66H,16-17,19,25-29H2,1-15H3/b21-20-,30-18-,31-23-,32-22-,34-24-/t33-,35+,36-,37-,38+,39+,40-,41-,42-,43-,44-,45+,46+,47+,48+,49-,50+,51+,52+,53-,54+,56+,57+,58-/m1/s1. The first kappa shape index (κ1) is 66.3. The van der Waals surface area contributed by atoms with Crippen LogP contribution in [0.4, 0.5) is 0 Å². The summed E-state index contributed by atoms with van der Waals surface area (Å²) >= 11 is 0. The summed E-state index contributed by atoms with van der Waals surface area (Å²) in [5.41, 5.74) is 1.25. The van der Waals surface area contributed by atoms with Crippen LogP contribution in [-0.4, -0.2) is 205 Å². The minimum Gasteiger partial charge on any atom is -0.456 e. The number of ether oxygens (including phenoxy) is 12. The van der Waals surface area contributed by atoms with E-state index in [1.807, 2.05) is 52.0 Å². The summed E-state index contributed by atoms with van der Waals surface area (Å²) in [5, 5.41) is 81.0. The average Bonchev–Trinajstić information content (AvgIpc) is 3.41. The molecule has 4 saturated heterocycles. The Morgan fingerprint density at radius 3 is 2.10 bits per heavy atom. The van der Waals surface area contributed by atoms with Gasteiger partial charge in [-0.2, -0.15) is 0 Å². The fourth-order valence-corrected chi connectivity index (χ4v) is 11.6. The maximum absolute atomic E-state index is 14.1. The summed E-state index contributed by atoms with van der Waals surface area (Å²) in [7, 11) is 5.99. The molecule has 0 spiro atoms. The van der Waals surface area contributed by atoms with Crippen LogP contribution in [0.25, 0.3) is 0 Å². The van der Waals surface area contributed by atoms with Gasteiger partial charge in [-0.05, 0) is 80.7 Å². The van der Waals surface area contributed by atoms with Crippen LogP contribution in [0.3, 0.4) is 0 Å². The molecule has 20 nitrogen and oxygen atoms in total. The number of hydrogen-bond donors (Lipinski definition) is 7. The van der Waals surface area contributed by atoms with Crippen molar-refractivity contribution in [1.82, 2.24) is 0 Å². The Kier molecular flexibility index (Phi) is 25.2. The van der Waals surface area contributed by atoms with E-state index in [0.29, 0.717) is 24.8 Å². The second-order valence-corrected chi connectivity index (χ2v) is 22.9. The minimum absolute atomic E-state index is 0.00843. The van der Waals surface area contributed by atoms with Gasteiger partial charge in [0.15, 0.2) is 18.9 Å². The Bertz CT molecular complexity index is 2040. The maximum atomic E-state index is 14.1. The van der Waals surface area contributed by atoms with Gasteiger partial charge in [0.05, 0.1) is 67.1 Å². The maximum Gasteiger partial charge on any atom is 0.334 e. The SMILES string of the molecule is COC[C@@H](C[C@H]1O[C@@](O)([C@H](O)[C@@H]2C[C@H](OC)CCC/C=C(C)\C=C/[C@@H](O[C@@H]3O[C@@H](C)[C@H](OC)[C@@H](O)[C@@H]3O)[C@H](C)\C=C(C)/C=C(C)\C=C(\C)C(=O)O2)[C@H](C)[C@@H](O)[C@H]1C)O[C@H]1C[C@](C)(O)[C@@H](O[C@H]2C[C@@H](OC)[C@H](O)[C@@H](C)O2)[C@H](C)O1. The lowest BCUT2D eigenvalue weighted by molar-refractivity contribution is -0.366. The van der Waals surface area contributed by atoms with Gasteiger partial charge in [-0.25, -0.2) is 4.79 Å². The van der Waals surface area contributed by atoms with Gasteiger partial charge in [-0.1, -0.05) is 67.9 Å². The third-order valence-electron chi connectivity index (χ3n) is 16.3. The summed E-state index contributed by atoms with van der Waals surface area (Å²) in [6, 6.07) is 0. The average molecular weight is 1110 g/mol. The van der Waals surface area contributed by atoms with E-state index in [1.54, 1.807) is 54.5 Å². The zero-order valence-electron chi connectivity index (χ0n) is 48.8. The molecular formula is C58H96O20. The van der Waals surface area contributed by atoms with E-state index in [1.165, 1.54) is 28.4 Å². The number of carbonyl (C=O) groups excluding carboxylic acids is 1.